The Labute approximate surface area is 76.4 Å². The van der Waals surface area contributed by atoms with E-state index in [-0.39, 0.29) is 6.04 Å². The van der Waals surface area contributed by atoms with E-state index in [1.807, 2.05) is 0 Å². The zero-order chi connectivity index (χ0) is 9.10. The van der Waals surface area contributed by atoms with Gasteiger partial charge in [0.1, 0.15) is 12.0 Å². The lowest BCUT2D eigenvalue weighted by atomic mass is 10.2. The third-order valence-corrected chi connectivity index (χ3v) is 2.34. The number of halogens is 1. The Kier molecular flexibility index (Phi) is 2.38. The predicted molar refractivity (Wildman–Crippen MR) is 48.2 cm³/mol. The van der Waals surface area contributed by atoms with Crippen molar-refractivity contribution in [1.82, 2.24) is 10.2 Å². The smallest absolute Gasteiger partial charge is 0.148 e. The molecule has 3 nitrogen and oxygen atoms in total. The Morgan fingerprint density at radius 1 is 1.46 bits per heavy atom. The van der Waals surface area contributed by atoms with Gasteiger partial charge < -0.3 is 5.32 Å². The molecular formula is C9H12FN3. The molecule has 70 valence electrons. The molecule has 0 aliphatic heterocycles. The highest BCUT2D eigenvalue weighted by Gasteiger charge is 2.26. The summed E-state index contributed by atoms with van der Waals surface area (Å²) in [7, 11) is 0. The van der Waals surface area contributed by atoms with E-state index in [1.54, 1.807) is 18.3 Å². The molecule has 1 aromatic rings. The lowest BCUT2D eigenvalue weighted by Gasteiger charge is -2.14. The summed E-state index contributed by atoms with van der Waals surface area (Å²) >= 11 is 0. The molecule has 4 heteroatoms. The van der Waals surface area contributed by atoms with Crippen molar-refractivity contribution in [3.8, 4) is 0 Å². The van der Waals surface area contributed by atoms with E-state index in [9.17, 15) is 4.39 Å². The molecule has 0 spiro atoms. The summed E-state index contributed by atoms with van der Waals surface area (Å²) in [6.07, 6.45) is 3.38. The first-order chi connectivity index (χ1) is 6.36. The SMILES string of the molecule is F[C@@H]1CCC[C@@H]1Nc1cccnn1. The third kappa shape index (κ3) is 1.94. The summed E-state index contributed by atoms with van der Waals surface area (Å²) in [6.45, 7) is 0. The van der Waals surface area contributed by atoms with Crippen LogP contribution >= 0.6 is 0 Å². The summed E-state index contributed by atoms with van der Waals surface area (Å²) in [4.78, 5) is 0. The van der Waals surface area contributed by atoms with Crippen molar-refractivity contribution in [3.05, 3.63) is 18.3 Å². The van der Waals surface area contributed by atoms with Gasteiger partial charge in [-0.25, -0.2) is 4.39 Å². The molecule has 1 aliphatic rings. The minimum Gasteiger partial charge on any atom is -0.363 e. The molecule has 0 bridgehead atoms. The van der Waals surface area contributed by atoms with Crippen LogP contribution in [0.2, 0.25) is 0 Å². The molecule has 2 atom stereocenters. The monoisotopic (exact) mass is 181 g/mol. The largest absolute Gasteiger partial charge is 0.363 e. The van der Waals surface area contributed by atoms with Crippen LogP contribution in [-0.4, -0.2) is 22.4 Å². The molecule has 1 aliphatic carbocycles. The number of aromatic nitrogens is 2. The zero-order valence-electron chi connectivity index (χ0n) is 7.28. The van der Waals surface area contributed by atoms with Gasteiger partial charge in [-0.15, -0.1) is 5.10 Å². The molecule has 1 aromatic heterocycles. The molecule has 0 radical (unpaired) electrons. The van der Waals surface area contributed by atoms with Gasteiger partial charge >= 0.3 is 0 Å². The van der Waals surface area contributed by atoms with Gasteiger partial charge in [-0.2, -0.15) is 5.10 Å². The summed E-state index contributed by atoms with van der Waals surface area (Å²) < 4.78 is 13.2. The third-order valence-electron chi connectivity index (χ3n) is 2.34. The van der Waals surface area contributed by atoms with Crippen LogP contribution in [-0.2, 0) is 0 Å². The minimum atomic E-state index is -0.734. The molecule has 2 rings (SSSR count). The van der Waals surface area contributed by atoms with E-state index in [0.717, 1.165) is 12.8 Å². The van der Waals surface area contributed by atoms with Crippen LogP contribution in [0.25, 0.3) is 0 Å². The van der Waals surface area contributed by atoms with E-state index >= 15 is 0 Å². The molecule has 1 saturated carbocycles. The highest BCUT2D eigenvalue weighted by Crippen LogP contribution is 2.24. The first-order valence-corrected chi connectivity index (χ1v) is 4.54. The molecular weight excluding hydrogens is 169 g/mol. The highest BCUT2D eigenvalue weighted by molar-refractivity contribution is 5.33. The van der Waals surface area contributed by atoms with Crippen molar-refractivity contribution in [2.24, 2.45) is 0 Å². The standard InChI is InChI=1S/C9H12FN3/c10-7-3-1-4-8(7)12-9-5-2-6-11-13-9/h2,5-8H,1,3-4H2,(H,12,13)/t7-,8+/m1/s1. The lowest BCUT2D eigenvalue weighted by molar-refractivity contribution is 0.323. The minimum absolute atomic E-state index is 0.0725. The zero-order valence-corrected chi connectivity index (χ0v) is 7.28. The molecule has 1 N–H and O–H groups in total. The maximum absolute atomic E-state index is 13.2. The number of nitrogens with zero attached hydrogens (tertiary/aromatic N) is 2. The van der Waals surface area contributed by atoms with Gasteiger partial charge in [-0.05, 0) is 31.4 Å². The maximum Gasteiger partial charge on any atom is 0.148 e. The second kappa shape index (κ2) is 3.68. The average Bonchev–Trinajstić information content (AvgIpc) is 2.54. The van der Waals surface area contributed by atoms with Crippen LogP contribution in [0.4, 0.5) is 10.2 Å². The van der Waals surface area contributed by atoms with E-state index in [4.69, 9.17) is 0 Å². The first kappa shape index (κ1) is 8.41. The number of anilines is 1. The fraction of sp³-hybridized carbons (Fsp3) is 0.556. The second-order valence-electron chi connectivity index (χ2n) is 3.31. The highest BCUT2D eigenvalue weighted by atomic mass is 19.1. The molecule has 1 heterocycles. The molecule has 0 aromatic carbocycles. The summed E-state index contributed by atoms with van der Waals surface area (Å²) in [6, 6.07) is 3.52. The van der Waals surface area contributed by atoms with Crippen LogP contribution in [0.3, 0.4) is 0 Å². The lowest BCUT2D eigenvalue weighted by Crippen LogP contribution is -2.25. The van der Waals surface area contributed by atoms with Crippen molar-refractivity contribution >= 4 is 5.82 Å². The van der Waals surface area contributed by atoms with Crippen LogP contribution in [0.1, 0.15) is 19.3 Å². The number of hydrogen-bond donors (Lipinski definition) is 1. The van der Waals surface area contributed by atoms with Gasteiger partial charge in [0.15, 0.2) is 0 Å². The average molecular weight is 181 g/mol. The van der Waals surface area contributed by atoms with Gasteiger partial charge in [0, 0.05) is 6.20 Å². The van der Waals surface area contributed by atoms with Gasteiger partial charge in [0.05, 0.1) is 6.04 Å². The Morgan fingerprint density at radius 2 is 2.38 bits per heavy atom. The summed E-state index contributed by atoms with van der Waals surface area (Å²) in [5.41, 5.74) is 0. The van der Waals surface area contributed by atoms with Crippen molar-refractivity contribution in [2.45, 2.75) is 31.5 Å². The second-order valence-corrected chi connectivity index (χ2v) is 3.31. The van der Waals surface area contributed by atoms with Crippen molar-refractivity contribution in [1.29, 1.82) is 0 Å². The molecule has 0 saturated heterocycles. The molecule has 1 fully saturated rings. The van der Waals surface area contributed by atoms with Gasteiger partial charge in [0.2, 0.25) is 0 Å². The van der Waals surface area contributed by atoms with E-state index in [0.29, 0.717) is 12.2 Å². The topological polar surface area (TPSA) is 37.8 Å². The van der Waals surface area contributed by atoms with Crippen LogP contribution in [0.15, 0.2) is 18.3 Å². The summed E-state index contributed by atoms with van der Waals surface area (Å²) in [5, 5.41) is 10.6. The number of rotatable bonds is 2. The Hall–Kier alpha value is -1.19. The maximum atomic E-state index is 13.2. The van der Waals surface area contributed by atoms with E-state index < -0.39 is 6.17 Å². The summed E-state index contributed by atoms with van der Waals surface area (Å²) in [5.74, 6) is 0.664. The van der Waals surface area contributed by atoms with Gasteiger partial charge in [-0.3, -0.25) is 0 Å². The van der Waals surface area contributed by atoms with Crippen molar-refractivity contribution in [3.63, 3.8) is 0 Å². The quantitative estimate of drug-likeness (QED) is 0.755. The first-order valence-electron chi connectivity index (χ1n) is 4.54. The van der Waals surface area contributed by atoms with Crippen LogP contribution < -0.4 is 5.32 Å². The normalized spacial score (nSPS) is 27.5. The van der Waals surface area contributed by atoms with E-state index in [2.05, 4.69) is 15.5 Å². The van der Waals surface area contributed by atoms with Gasteiger partial charge in [0.25, 0.3) is 0 Å². The number of hydrogen-bond acceptors (Lipinski definition) is 3. The van der Waals surface area contributed by atoms with Crippen molar-refractivity contribution in [2.75, 3.05) is 5.32 Å². The molecule has 0 amide bonds. The Bertz CT molecular complexity index is 265. The molecule has 0 unspecified atom stereocenters. The van der Waals surface area contributed by atoms with Gasteiger partial charge in [-0.1, -0.05) is 0 Å². The Morgan fingerprint density at radius 3 is 3.00 bits per heavy atom. The number of alkyl halides is 1. The Balaban J connectivity index is 1.98. The van der Waals surface area contributed by atoms with Crippen molar-refractivity contribution < 1.29 is 4.39 Å². The number of nitrogens with one attached hydrogen (secondary N) is 1. The van der Waals surface area contributed by atoms with Crippen LogP contribution in [0, 0.1) is 0 Å². The van der Waals surface area contributed by atoms with E-state index in [1.165, 1.54) is 0 Å². The fourth-order valence-electron chi connectivity index (χ4n) is 1.65. The van der Waals surface area contributed by atoms with Crippen LogP contribution in [0.5, 0.6) is 0 Å². The molecule has 13 heavy (non-hydrogen) atoms. The predicted octanol–water partition coefficient (Wildman–Crippen LogP) is 1.78. The fourth-order valence-corrected chi connectivity index (χ4v) is 1.65.